The summed E-state index contributed by atoms with van der Waals surface area (Å²) in [4.78, 5) is 0. The van der Waals surface area contributed by atoms with Crippen LogP contribution in [0.3, 0.4) is 0 Å². The summed E-state index contributed by atoms with van der Waals surface area (Å²) in [7, 11) is 0. The first kappa shape index (κ1) is 26.9. The van der Waals surface area contributed by atoms with Crippen LogP contribution in [0.5, 0.6) is 0 Å². The third-order valence-electron chi connectivity index (χ3n) is 3.83. The van der Waals surface area contributed by atoms with Crippen LogP contribution in [0.1, 0.15) is 61.8 Å². The average molecular weight is 385 g/mol. The van der Waals surface area contributed by atoms with E-state index in [-0.39, 0.29) is 35.9 Å². The fraction of sp³-hybridized carbons (Fsp3) is 0.333. The number of hydrogen-bond donors (Lipinski definition) is 0. The SMILES string of the molecule is [C-]#Cc1ccc(CCCC)cc1.[C-]#Cc1ccc(CCCC)cc1.[Cu+].[Li+]. The Morgan fingerprint density at radius 1 is 0.654 bits per heavy atom. The summed E-state index contributed by atoms with van der Waals surface area (Å²) in [6.45, 7) is 4.39. The fourth-order valence-corrected chi connectivity index (χ4v) is 2.27. The van der Waals surface area contributed by atoms with Crippen LogP contribution in [-0.4, -0.2) is 0 Å². The molecule has 0 aliphatic heterocycles. The Kier molecular flexibility index (Phi) is 17.7. The van der Waals surface area contributed by atoms with Crippen LogP contribution in [0.4, 0.5) is 0 Å². The molecular formula is C24H26CuLi. The zero-order chi connectivity index (χ0) is 17.6. The molecule has 0 fully saturated rings. The molecule has 0 spiro atoms. The first-order chi connectivity index (χ1) is 11.7. The molecule has 134 valence electrons. The number of benzene rings is 2. The summed E-state index contributed by atoms with van der Waals surface area (Å²) in [5, 5.41) is 0. The molecular weight excluding hydrogens is 359 g/mol. The number of aryl methyl sites for hydroxylation is 2. The van der Waals surface area contributed by atoms with Gasteiger partial charge in [0, 0.05) is 0 Å². The maximum Gasteiger partial charge on any atom is 1.00 e. The molecule has 0 aliphatic carbocycles. The van der Waals surface area contributed by atoms with Gasteiger partial charge >= 0.3 is 35.9 Å². The standard InChI is InChI=1S/2C12H13.Cu.Li/c2*1-3-5-6-12-9-7-11(4-2)8-10-12;;/h2*7-10H,3,5-6H2,1H3;;/q2*-1;2*+1. The van der Waals surface area contributed by atoms with E-state index in [1.807, 2.05) is 24.3 Å². The van der Waals surface area contributed by atoms with Crippen molar-refractivity contribution in [3.8, 4) is 11.8 Å². The van der Waals surface area contributed by atoms with Gasteiger partial charge < -0.3 is 12.8 Å². The Balaban J connectivity index is 0. The van der Waals surface area contributed by atoms with Crippen LogP contribution in [-0.2, 0) is 29.9 Å². The van der Waals surface area contributed by atoms with E-state index >= 15 is 0 Å². The van der Waals surface area contributed by atoms with Gasteiger partial charge in [0.1, 0.15) is 0 Å². The van der Waals surface area contributed by atoms with Crippen LogP contribution in [0.2, 0.25) is 0 Å². The molecule has 26 heavy (non-hydrogen) atoms. The number of rotatable bonds is 6. The summed E-state index contributed by atoms with van der Waals surface area (Å²) in [6, 6.07) is 16.1. The van der Waals surface area contributed by atoms with E-state index in [0.717, 1.165) is 24.0 Å². The first-order valence-electron chi connectivity index (χ1n) is 8.76. The monoisotopic (exact) mass is 384 g/mol. The van der Waals surface area contributed by atoms with Gasteiger partial charge in [-0.05, 0) is 25.7 Å². The molecule has 0 atom stereocenters. The third-order valence-corrected chi connectivity index (χ3v) is 3.83. The zero-order valence-corrected chi connectivity index (χ0v) is 17.1. The Morgan fingerprint density at radius 3 is 1.19 bits per heavy atom. The summed E-state index contributed by atoms with van der Waals surface area (Å²) in [5.41, 5.74) is 4.43. The van der Waals surface area contributed by atoms with Crippen LogP contribution in [0.15, 0.2) is 48.5 Å². The van der Waals surface area contributed by atoms with Crippen molar-refractivity contribution in [1.29, 1.82) is 0 Å². The molecule has 0 saturated carbocycles. The molecule has 0 N–H and O–H groups in total. The van der Waals surface area contributed by atoms with Crippen molar-refractivity contribution in [2.45, 2.75) is 52.4 Å². The van der Waals surface area contributed by atoms with Crippen LogP contribution < -0.4 is 18.9 Å². The summed E-state index contributed by atoms with van der Waals surface area (Å²) >= 11 is 0. The molecule has 0 radical (unpaired) electrons. The van der Waals surface area contributed by atoms with Crippen molar-refractivity contribution in [1.82, 2.24) is 0 Å². The van der Waals surface area contributed by atoms with E-state index in [0.29, 0.717) is 0 Å². The second kappa shape index (κ2) is 17.1. The predicted molar refractivity (Wildman–Crippen MR) is 103 cm³/mol. The molecule has 2 aromatic carbocycles. The van der Waals surface area contributed by atoms with E-state index in [4.69, 9.17) is 12.8 Å². The smallest absolute Gasteiger partial charge is 0.366 e. The van der Waals surface area contributed by atoms with Crippen LogP contribution >= 0.6 is 0 Å². The Morgan fingerprint density at radius 2 is 0.962 bits per heavy atom. The van der Waals surface area contributed by atoms with Crippen molar-refractivity contribution < 1.29 is 35.9 Å². The van der Waals surface area contributed by atoms with Gasteiger partial charge in [0.05, 0.1) is 0 Å². The minimum Gasteiger partial charge on any atom is -0.366 e. The van der Waals surface area contributed by atoms with Crippen LogP contribution in [0.25, 0.3) is 0 Å². The third kappa shape index (κ3) is 11.3. The van der Waals surface area contributed by atoms with Crippen molar-refractivity contribution in [3.63, 3.8) is 0 Å². The molecule has 0 heterocycles. The van der Waals surface area contributed by atoms with E-state index in [9.17, 15) is 0 Å². The normalized spacial score (nSPS) is 8.62. The predicted octanol–water partition coefficient (Wildman–Crippen LogP) is 2.94. The van der Waals surface area contributed by atoms with E-state index in [1.165, 1.54) is 36.8 Å². The quantitative estimate of drug-likeness (QED) is 0.408. The molecule has 0 unspecified atom stereocenters. The topological polar surface area (TPSA) is 0 Å². The van der Waals surface area contributed by atoms with Crippen molar-refractivity contribution in [2.75, 3.05) is 0 Å². The van der Waals surface area contributed by atoms with Gasteiger partial charge in [-0.25, -0.2) is 0 Å². The molecule has 0 aliphatic rings. The minimum absolute atomic E-state index is 0. The van der Waals surface area contributed by atoms with Crippen LogP contribution in [0, 0.1) is 24.7 Å². The molecule has 2 rings (SSSR count). The molecule has 0 nitrogen and oxygen atoms in total. The van der Waals surface area contributed by atoms with Gasteiger partial charge in [-0.2, -0.15) is 0 Å². The number of unbranched alkanes of at least 4 members (excludes halogenated alkanes) is 2. The largest absolute Gasteiger partial charge is 1.00 e. The summed E-state index contributed by atoms with van der Waals surface area (Å²) < 4.78 is 0. The van der Waals surface area contributed by atoms with Crippen molar-refractivity contribution >= 4 is 0 Å². The van der Waals surface area contributed by atoms with Gasteiger partial charge in [0.25, 0.3) is 0 Å². The minimum atomic E-state index is 0. The second-order valence-corrected chi connectivity index (χ2v) is 5.85. The van der Waals surface area contributed by atoms with E-state index < -0.39 is 0 Å². The van der Waals surface area contributed by atoms with E-state index in [2.05, 4.69) is 50.0 Å². The Bertz CT molecular complexity index is 596. The van der Waals surface area contributed by atoms with Gasteiger partial charge in [0.15, 0.2) is 0 Å². The maximum atomic E-state index is 6.90. The van der Waals surface area contributed by atoms with E-state index in [1.54, 1.807) is 0 Å². The fourth-order valence-electron chi connectivity index (χ4n) is 2.27. The number of hydrogen-bond acceptors (Lipinski definition) is 0. The van der Waals surface area contributed by atoms with Gasteiger partial charge in [-0.1, -0.05) is 62.1 Å². The molecule has 0 bridgehead atoms. The van der Waals surface area contributed by atoms with Gasteiger partial charge in [0.2, 0.25) is 0 Å². The van der Waals surface area contributed by atoms with Crippen molar-refractivity contribution in [2.24, 2.45) is 0 Å². The Hall–Kier alpha value is -1.32. The maximum absolute atomic E-state index is 6.90. The molecule has 2 aromatic rings. The van der Waals surface area contributed by atoms with Gasteiger partial charge in [-0.15, -0.1) is 35.4 Å². The average Bonchev–Trinajstić information content (AvgIpc) is 2.66. The second-order valence-electron chi connectivity index (χ2n) is 5.85. The summed E-state index contributed by atoms with van der Waals surface area (Å²) in [5.74, 6) is 4.72. The molecule has 0 saturated heterocycles. The van der Waals surface area contributed by atoms with Crippen molar-refractivity contribution in [3.05, 3.63) is 83.6 Å². The zero-order valence-electron chi connectivity index (χ0n) is 16.2. The molecule has 0 aromatic heterocycles. The summed E-state index contributed by atoms with van der Waals surface area (Å²) in [6.07, 6.45) is 21.1. The van der Waals surface area contributed by atoms with Gasteiger partial charge in [-0.3, -0.25) is 11.8 Å². The molecule has 0 amide bonds. The first-order valence-corrected chi connectivity index (χ1v) is 8.76. The Labute approximate surface area is 183 Å². The molecule has 2 heteroatoms.